The van der Waals surface area contributed by atoms with Gasteiger partial charge in [-0.15, -0.1) is 12.4 Å². The summed E-state index contributed by atoms with van der Waals surface area (Å²) in [5.74, 6) is 0. The molecule has 0 unspecified atom stereocenters. The third kappa shape index (κ3) is 3.81. The number of piperidine rings is 1. The first-order valence-corrected chi connectivity index (χ1v) is 8.72. The lowest BCUT2D eigenvalue weighted by Gasteiger charge is -2.47. The predicted molar refractivity (Wildman–Crippen MR) is 93.1 cm³/mol. The van der Waals surface area contributed by atoms with Crippen LogP contribution in [0.2, 0.25) is 0 Å². The van der Waals surface area contributed by atoms with Crippen molar-refractivity contribution in [2.45, 2.75) is 69.7 Å². The second-order valence-electron chi connectivity index (χ2n) is 6.71. The van der Waals surface area contributed by atoms with Gasteiger partial charge >= 0.3 is 0 Å². The molecule has 1 saturated carbocycles. The van der Waals surface area contributed by atoms with Crippen molar-refractivity contribution in [1.29, 1.82) is 0 Å². The number of halogens is 1. The van der Waals surface area contributed by atoms with Gasteiger partial charge in [0.05, 0.1) is 0 Å². The molecule has 1 heterocycles. The molecule has 3 rings (SSSR count). The van der Waals surface area contributed by atoms with Crippen LogP contribution in [0.1, 0.15) is 69.8 Å². The largest absolute Gasteiger partial charge is 0.294 e. The molecule has 1 aliphatic carbocycles. The molecule has 0 amide bonds. The number of benzene rings is 1. The van der Waals surface area contributed by atoms with Gasteiger partial charge in [0.2, 0.25) is 0 Å². The van der Waals surface area contributed by atoms with Gasteiger partial charge in [-0.3, -0.25) is 4.90 Å². The normalized spacial score (nSPS) is 23.6. The van der Waals surface area contributed by atoms with E-state index in [4.69, 9.17) is 0 Å². The SMILES string of the molecule is Cl.c1ccc(C2(N3CCCCC3)CCCCCCC2)cc1. The maximum atomic E-state index is 2.84. The van der Waals surface area contributed by atoms with Crippen LogP contribution in [0.4, 0.5) is 0 Å². The van der Waals surface area contributed by atoms with E-state index in [0.29, 0.717) is 5.54 Å². The molecule has 1 aliphatic heterocycles. The van der Waals surface area contributed by atoms with Crippen molar-refractivity contribution in [2.75, 3.05) is 13.1 Å². The van der Waals surface area contributed by atoms with Gasteiger partial charge in [0.25, 0.3) is 0 Å². The van der Waals surface area contributed by atoms with E-state index in [-0.39, 0.29) is 12.4 Å². The van der Waals surface area contributed by atoms with Crippen molar-refractivity contribution >= 4 is 12.4 Å². The zero-order valence-electron chi connectivity index (χ0n) is 13.2. The fraction of sp³-hybridized carbons (Fsp3) is 0.684. The molecule has 1 aromatic rings. The molecule has 2 heteroatoms. The summed E-state index contributed by atoms with van der Waals surface area (Å²) in [5, 5.41) is 0. The van der Waals surface area contributed by atoms with Gasteiger partial charge in [0.15, 0.2) is 0 Å². The van der Waals surface area contributed by atoms with Crippen molar-refractivity contribution in [1.82, 2.24) is 4.90 Å². The Morgan fingerprint density at radius 2 is 1.19 bits per heavy atom. The first kappa shape index (κ1) is 16.8. The van der Waals surface area contributed by atoms with Crippen molar-refractivity contribution < 1.29 is 0 Å². The molecule has 21 heavy (non-hydrogen) atoms. The molecule has 118 valence electrons. The molecular formula is C19H30ClN. The summed E-state index contributed by atoms with van der Waals surface area (Å²) in [6, 6.07) is 11.4. The van der Waals surface area contributed by atoms with Crippen LogP contribution in [0.15, 0.2) is 30.3 Å². The van der Waals surface area contributed by atoms with Gasteiger partial charge in [-0.2, -0.15) is 0 Å². The van der Waals surface area contributed by atoms with Crippen LogP contribution >= 0.6 is 12.4 Å². The van der Waals surface area contributed by atoms with Gasteiger partial charge in [-0.05, 0) is 44.3 Å². The van der Waals surface area contributed by atoms with Gasteiger partial charge in [0, 0.05) is 5.54 Å². The van der Waals surface area contributed by atoms with Gasteiger partial charge in [-0.1, -0.05) is 68.9 Å². The van der Waals surface area contributed by atoms with E-state index in [1.54, 1.807) is 5.56 Å². The topological polar surface area (TPSA) is 3.24 Å². The first-order chi connectivity index (χ1) is 9.92. The summed E-state index contributed by atoms with van der Waals surface area (Å²) < 4.78 is 0. The Morgan fingerprint density at radius 3 is 1.81 bits per heavy atom. The van der Waals surface area contributed by atoms with Crippen LogP contribution in [0, 0.1) is 0 Å². The lowest BCUT2D eigenvalue weighted by Crippen LogP contribution is -2.49. The lowest BCUT2D eigenvalue weighted by atomic mass is 9.76. The van der Waals surface area contributed by atoms with Crippen molar-refractivity contribution in [3.05, 3.63) is 35.9 Å². The highest BCUT2D eigenvalue weighted by atomic mass is 35.5. The van der Waals surface area contributed by atoms with Crippen molar-refractivity contribution in [3.8, 4) is 0 Å². The standard InChI is InChI=1S/C19H29N.ClH/c1-2-8-14-19(15-9-3-1,18-12-6-4-7-13-18)20-16-10-5-11-17-20;/h4,6-7,12-13H,1-3,5,8-11,14-17H2;1H. The number of rotatable bonds is 2. The highest BCUT2D eigenvalue weighted by Crippen LogP contribution is 2.41. The van der Waals surface area contributed by atoms with E-state index in [2.05, 4.69) is 35.2 Å². The Morgan fingerprint density at radius 1 is 0.667 bits per heavy atom. The molecule has 0 bridgehead atoms. The predicted octanol–water partition coefficient (Wildman–Crippen LogP) is 5.53. The van der Waals surface area contributed by atoms with E-state index < -0.39 is 0 Å². The third-order valence-electron chi connectivity index (χ3n) is 5.45. The number of hydrogen-bond donors (Lipinski definition) is 0. The summed E-state index contributed by atoms with van der Waals surface area (Å²) in [4.78, 5) is 2.84. The van der Waals surface area contributed by atoms with E-state index >= 15 is 0 Å². The minimum Gasteiger partial charge on any atom is -0.294 e. The molecular weight excluding hydrogens is 278 g/mol. The molecule has 1 nitrogen and oxygen atoms in total. The molecule has 1 saturated heterocycles. The quantitative estimate of drug-likeness (QED) is 0.694. The molecule has 0 spiro atoms. The number of likely N-dealkylation sites (tertiary alicyclic amines) is 1. The molecule has 1 aromatic carbocycles. The van der Waals surface area contributed by atoms with Crippen LogP contribution in [0.25, 0.3) is 0 Å². The summed E-state index contributed by atoms with van der Waals surface area (Å²) in [6.07, 6.45) is 14.1. The van der Waals surface area contributed by atoms with E-state index in [1.165, 1.54) is 77.3 Å². The molecule has 2 aliphatic rings. The second kappa shape index (κ2) is 8.19. The average molecular weight is 308 g/mol. The summed E-state index contributed by atoms with van der Waals surface area (Å²) in [7, 11) is 0. The molecule has 0 atom stereocenters. The van der Waals surface area contributed by atoms with Gasteiger partial charge < -0.3 is 0 Å². The number of nitrogens with zero attached hydrogens (tertiary/aromatic N) is 1. The summed E-state index contributed by atoms with van der Waals surface area (Å²) in [6.45, 7) is 2.63. The zero-order chi connectivity index (χ0) is 13.7. The third-order valence-corrected chi connectivity index (χ3v) is 5.45. The zero-order valence-corrected chi connectivity index (χ0v) is 14.0. The molecule has 0 aromatic heterocycles. The highest BCUT2D eigenvalue weighted by Gasteiger charge is 2.38. The fourth-order valence-electron chi connectivity index (χ4n) is 4.35. The second-order valence-corrected chi connectivity index (χ2v) is 6.71. The van der Waals surface area contributed by atoms with Gasteiger partial charge in [0.1, 0.15) is 0 Å². The average Bonchev–Trinajstić information content (AvgIpc) is 2.49. The Balaban J connectivity index is 0.00000161. The molecule has 2 fully saturated rings. The van der Waals surface area contributed by atoms with Crippen LogP contribution in [-0.4, -0.2) is 18.0 Å². The van der Waals surface area contributed by atoms with E-state index in [1.807, 2.05) is 0 Å². The summed E-state index contributed by atoms with van der Waals surface area (Å²) >= 11 is 0. The summed E-state index contributed by atoms with van der Waals surface area (Å²) in [5.41, 5.74) is 1.94. The van der Waals surface area contributed by atoms with Crippen LogP contribution in [-0.2, 0) is 5.54 Å². The molecule has 0 radical (unpaired) electrons. The van der Waals surface area contributed by atoms with Crippen LogP contribution < -0.4 is 0 Å². The highest BCUT2D eigenvalue weighted by molar-refractivity contribution is 5.85. The maximum Gasteiger partial charge on any atom is 0.0460 e. The number of hydrogen-bond acceptors (Lipinski definition) is 1. The van der Waals surface area contributed by atoms with E-state index in [9.17, 15) is 0 Å². The smallest absolute Gasteiger partial charge is 0.0460 e. The minimum absolute atomic E-state index is 0. The van der Waals surface area contributed by atoms with Crippen molar-refractivity contribution in [2.24, 2.45) is 0 Å². The van der Waals surface area contributed by atoms with Gasteiger partial charge in [-0.25, -0.2) is 0 Å². The van der Waals surface area contributed by atoms with Crippen LogP contribution in [0.3, 0.4) is 0 Å². The lowest BCUT2D eigenvalue weighted by molar-refractivity contribution is 0.0392. The van der Waals surface area contributed by atoms with Crippen LogP contribution in [0.5, 0.6) is 0 Å². The fourth-order valence-corrected chi connectivity index (χ4v) is 4.35. The Kier molecular flexibility index (Phi) is 6.57. The Labute approximate surface area is 136 Å². The van der Waals surface area contributed by atoms with E-state index in [0.717, 1.165) is 0 Å². The Hall–Kier alpha value is -0.530. The maximum absolute atomic E-state index is 2.84. The first-order valence-electron chi connectivity index (χ1n) is 8.72. The molecule has 0 N–H and O–H groups in total. The Bertz CT molecular complexity index is 389. The minimum atomic E-state index is 0. The van der Waals surface area contributed by atoms with Crippen molar-refractivity contribution in [3.63, 3.8) is 0 Å². The monoisotopic (exact) mass is 307 g/mol.